The molecule has 1 atom stereocenters. The van der Waals surface area contributed by atoms with Crippen molar-refractivity contribution < 1.29 is 9.47 Å². The van der Waals surface area contributed by atoms with Gasteiger partial charge in [-0.1, -0.05) is 6.08 Å². The molecule has 0 saturated heterocycles. The van der Waals surface area contributed by atoms with Gasteiger partial charge in [-0.3, -0.25) is 22.9 Å². The van der Waals surface area contributed by atoms with E-state index in [-0.39, 0.29) is 0 Å². The Morgan fingerprint density at radius 2 is 1.93 bits per heavy atom. The predicted octanol–water partition coefficient (Wildman–Crippen LogP) is 2.21. The van der Waals surface area contributed by atoms with E-state index >= 15 is 0 Å². The molecule has 4 aromatic rings. The summed E-state index contributed by atoms with van der Waals surface area (Å²) in [7, 11) is 4.78. The summed E-state index contributed by atoms with van der Waals surface area (Å²) in [5.74, 6) is 1.77. The van der Waals surface area contributed by atoms with E-state index in [1.165, 1.54) is 9.13 Å². The van der Waals surface area contributed by atoms with Crippen LogP contribution in [0.4, 0.5) is 0 Å². The number of rotatable bonds is 5. The van der Waals surface area contributed by atoms with Crippen molar-refractivity contribution in [2.24, 2.45) is 7.05 Å². The third kappa shape index (κ3) is 2.58. The Balaban J connectivity index is 2.16. The standard InChI is InChI=1S/C21H23N5O4/c1-7-12(2)26-19(27)17-18(23(4)21(26)28)22-20-24(17)11-13(3)25(20)15-10-14(29-5)8-9-16(15)30-6/h7-12H,1H2,2-6H3/t12-/m1/s1. The minimum atomic E-state index is -0.451. The van der Waals surface area contributed by atoms with Gasteiger partial charge in [0.1, 0.15) is 11.5 Å². The number of aryl methyl sites for hydroxylation is 2. The first-order valence-electron chi connectivity index (χ1n) is 9.40. The van der Waals surface area contributed by atoms with E-state index in [4.69, 9.17) is 9.47 Å². The highest BCUT2D eigenvalue weighted by atomic mass is 16.5. The summed E-state index contributed by atoms with van der Waals surface area (Å²) in [6.45, 7) is 7.37. The molecule has 1 aromatic carbocycles. The lowest BCUT2D eigenvalue weighted by atomic mass is 10.2. The molecule has 4 rings (SSSR count). The van der Waals surface area contributed by atoms with Crippen LogP contribution in [0.25, 0.3) is 22.6 Å². The number of imidazole rings is 2. The van der Waals surface area contributed by atoms with Gasteiger partial charge in [0, 0.05) is 25.0 Å². The molecule has 0 bridgehead atoms. The molecule has 9 nitrogen and oxygen atoms in total. The third-order valence-electron chi connectivity index (χ3n) is 5.35. The fraction of sp³-hybridized carbons (Fsp3) is 0.286. The largest absolute Gasteiger partial charge is 0.497 e. The number of fused-ring (bicyclic) bond motifs is 3. The number of methoxy groups -OCH3 is 2. The van der Waals surface area contributed by atoms with Crippen molar-refractivity contribution in [1.29, 1.82) is 0 Å². The molecule has 0 aliphatic rings. The molecular formula is C21H23N5O4. The van der Waals surface area contributed by atoms with E-state index < -0.39 is 17.3 Å². The maximum absolute atomic E-state index is 13.2. The second kappa shape index (κ2) is 6.94. The molecule has 156 valence electrons. The maximum atomic E-state index is 13.2. The lowest BCUT2D eigenvalue weighted by Gasteiger charge is -2.13. The lowest BCUT2D eigenvalue weighted by Crippen LogP contribution is -2.40. The number of allylic oxidation sites excluding steroid dienone is 1. The van der Waals surface area contributed by atoms with Crippen LogP contribution in [0, 0.1) is 6.92 Å². The van der Waals surface area contributed by atoms with Gasteiger partial charge in [0.15, 0.2) is 11.2 Å². The minimum Gasteiger partial charge on any atom is -0.497 e. The van der Waals surface area contributed by atoms with Crippen LogP contribution in [-0.4, -0.2) is 37.3 Å². The van der Waals surface area contributed by atoms with Crippen LogP contribution in [0.5, 0.6) is 11.5 Å². The number of benzene rings is 1. The van der Waals surface area contributed by atoms with Crippen LogP contribution in [-0.2, 0) is 7.05 Å². The van der Waals surface area contributed by atoms with Crippen LogP contribution < -0.4 is 20.7 Å². The zero-order chi connectivity index (χ0) is 21.7. The number of hydrogen-bond acceptors (Lipinski definition) is 5. The first-order chi connectivity index (χ1) is 14.3. The highest BCUT2D eigenvalue weighted by Crippen LogP contribution is 2.31. The Hall–Kier alpha value is -3.75. The van der Waals surface area contributed by atoms with E-state index in [1.807, 2.05) is 23.8 Å². The van der Waals surface area contributed by atoms with Gasteiger partial charge in [0.25, 0.3) is 5.56 Å². The average Bonchev–Trinajstić information content (AvgIpc) is 3.26. The highest BCUT2D eigenvalue weighted by molar-refractivity contribution is 5.77. The molecule has 3 heterocycles. The SMILES string of the molecule is C=C[C@@H](C)n1c(=O)c2c(nc3n(-c4cc(OC)ccc4OC)c(C)cn23)n(C)c1=O. The number of nitrogens with zero attached hydrogens (tertiary/aromatic N) is 5. The predicted molar refractivity (Wildman–Crippen MR) is 114 cm³/mol. The summed E-state index contributed by atoms with van der Waals surface area (Å²) in [6.07, 6.45) is 3.38. The molecule has 0 fully saturated rings. The smallest absolute Gasteiger partial charge is 0.333 e. The quantitative estimate of drug-likeness (QED) is 0.472. The molecule has 0 amide bonds. The van der Waals surface area contributed by atoms with E-state index in [1.54, 1.807) is 50.8 Å². The van der Waals surface area contributed by atoms with Crippen LogP contribution in [0.2, 0.25) is 0 Å². The molecule has 0 N–H and O–H groups in total. The van der Waals surface area contributed by atoms with Gasteiger partial charge in [0.2, 0.25) is 5.78 Å². The zero-order valence-corrected chi connectivity index (χ0v) is 17.5. The van der Waals surface area contributed by atoms with Gasteiger partial charge < -0.3 is 9.47 Å². The van der Waals surface area contributed by atoms with Crippen molar-refractivity contribution in [3.05, 3.63) is 63.6 Å². The van der Waals surface area contributed by atoms with Crippen molar-refractivity contribution in [3.8, 4) is 17.2 Å². The fourth-order valence-corrected chi connectivity index (χ4v) is 3.71. The highest BCUT2D eigenvalue weighted by Gasteiger charge is 2.23. The van der Waals surface area contributed by atoms with Gasteiger partial charge in [-0.05, 0) is 26.0 Å². The first-order valence-corrected chi connectivity index (χ1v) is 9.40. The van der Waals surface area contributed by atoms with Gasteiger partial charge >= 0.3 is 5.69 Å². The molecule has 0 radical (unpaired) electrons. The topological polar surface area (TPSA) is 84.7 Å². The van der Waals surface area contributed by atoms with Crippen molar-refractivity contribution in [2.75, 3.05) is 14.2 Å². The molecule has 9 heteroatoms. The van der Waals surface area contributed by atoms with E-state index in [9.17, 15) is 9.59 Å². The van der Waals surface area contributed by atoms with Gasteiger partial charge in [0.05, 0.1) is 25.9 Å². The van der Waals surface area contributed by atoms with Crippen molar-refractivity contribution in [1.82, 2.24) is 23.1 Å². The number of aromatic nitrogens is 5. The summed E-state index contributed by atoms with van der Waals surface area (Å²) in [6, 6.07) is 5.00. The second-order valence-corrected chi connectivity index (χ2v) is 7.09. The molecule has 30 heavy (non-hydrogen) atoms. The van der Waals surface area contributed by atoms with Crippen LogP contribution >= 0.6 is 0 Å². The van der Waals surface area contributed by atoms with Gasteiger partial charge in [-0.15, -0.1) is 6.58 Å². The zero-order valence-electron chi connectivity index (χ0n) is 17.5. The van der Waals surface area contributed by atoms with E-state index in [0.29, 0.717) is 34.1 Å². The summed E-state index contributed by atoms with van der Waals surface area (Å²) in [4.78, 5) is 30.7. The third-order valence-corrected chi connectivity index (χ3v) is 5.35. The average molecular weight is 409 g/mol. The monoisotopic (exact) mass is 409 g/mol. The van der Waals surface area contributed by atoms with Crippen molar-refractivity contribution in [3.63, 3.8) is 0 Å². The van der Waals surface area contributed by atoms with Crippen LogP contribution in [0.3, 0.4) is 0 Å². The Morgan fingerprint density at radius 1 is 1.20 bits per heavy atom. The molecule has 0 saturated carbocycles. The second-order valence-electron chi connectivity index (χ2n) is 7.09. The summed E-state index contributed by atoms with van der Waals surface area (Å²) in [5, 5.41) is 0. The molecule has 0 spiro atoms. The molecular weight excluding hydrogens is 386 g/mol. The van der Waals surface area contributed by atoms with E-state index in [0.717, 1.165) is 5.69 Å². The van der Waals surface area contributed by atoms with E-state index in [2.05, 4.69) is 11.6 Å². The molecule has 0 aliphatic carbocycles. The molecule has 0 unspecified atom stereocenters. The number of ether oxygens (including phenoxy) is 2. The van der Waals surface area contributed by atoms with Crippen LogP contribution in [0.1, 0.15) is 18.7 Å². The summed E-state index contributed by atoms with van der Waals surface area (Å²) >= 11 is 0. The normalized spacial score (nSPS) is 12.4. The lowest BCUT2D eigenvalue weighted by molar-refractivity contribution is 0.401. The Morgan fingerprint density at radius 3 is 2.57 bits per heavy atom. The van der Waals surface area contributed by atoms with Gasteiger partial charge in [-0.25, -0.2) is 4.79 Å². The summed E-state index contributed by atoms with van der Waals surface area (Å²) in [5.41, 5.74) is 1.32. The maximum Gasteiger partial charge on any atom is 0.333 e. The summed E-state index contributed by atoms with van der Waals surface area (Å²) < 4.78 is 17.0. The Labute approximate surface area is 172 Å². The van der Waals surface area contributed by atoms with Gasteiger partial charge in [-0.2, -0.15) is 4.98 Å². The Bertz CT molecular complexity index is 1420. The van der Waals surface area contributed by atoms with Crippen molar-refractivity contribution in [2.45, 2.75) is 19.9 Å². The molecule has 3 aromatic heterocycles. The first kappa shape index (κ1) is 19.6. The Kier molecular flexibility index (Phi) is 4.53. The fourth-order valence-electron chi connectivity index (χ4n) is 3.71. The minimum absolute atomic E-state index is 0.308. The molecule has 0 aliphatic heterocycles. The van der Waals surface area contributed by atoms with Crippen molar-refractivity contribution >= 4 is 16.9 Å². The number of hydrogen-bond donors (Lipinski definition) is 0. The van der Waals surface area contributed by atoms with Crippen LogP contribution in [0.15, 0.2) is 46.6 Å².